The van der Waals surface area contributed by atoms with Crippen LogP contribution in [0.4, 0.5) is 13.2 Å². The van der Waals surface area contributed by atoms with Gasteiger partial charge in [0, 0.05) is 10.9 Å². The zero-order valence-corrected chi connectivity index (χ0v) is 18.0. The summed E-state index contributed by atoms with van der Waals surface area (Å²) in [4.78, 5) is 25.8. The first-order chi connectivity index (χ1) is 14.8. The fraction of sp³-hybridized carbons (Fsp3) is 0.300. The Hall–Kier alpha value is -3.25. The van der Waals surface area contributed by atoms with Crippen molar-refractivity contribution >= 4 is 17.4 Å². The standard InChI is InChI=1S/C20H19F3N4O4S/c1-11(19(2,3)30)25-17(28)15-8-16(26-27(18(15)29)13-9-24-32-10-13)12-4-6-14(7-5-12)31-20(21,22)23/h4-11,30H,1-3H3,(H,25,28). The predicted molar refractivity (Wildman–Crippen MR) is 111 cm³/mol. The molecule has 1 unspecified atom stereocenters. The summed E-state index contributed by atoms with van der Waals surface area (Å²) >= 11 is 1.07. The van der Waals surface area contributed by atoms with Crippen LogP contribution in [0.1, 0.15) is 31.1 Å². The molecule has 8 nitrogen and oxygen atoms in total. The van der Waals surface area contributed by atoms with Crippen LogP contribution in [0.3, 0.4) is 0 Å². The second-order valence-corrected chi connectivity index (χ2v) is 8.12. The van der Waals surface area contributed by atoms with E-state index >= 15 is 0 Å². The zero-order valence-electron chi connectivity index (χ0n) is 17.2. The highest BCUT2D eigenvalue weighted by Crippen LogP contribution is 2.26. The summed E-state index contributed by atoms with van der Waals surface area (Å²) in [5.41, 5.74) is -1.38. The number of nitrogens with zero attached hydrogens (tertiary/aromatic N) is 3. The van der Waals surface area contributed by atoms with Crippen LogP contribution < -0.4 is 15.6 Å². The van der Waals surface area contributed by atoms with Crippen molar-refractivity contribution in [2.45, 2.75) is 38.8 Å². The summed E-state index contributed by atoms with van der Waals surface area (Å²) in [5.74, 6) is -1.16. The number of aliphatic hydroxyl groups is 1. The maximum Gasteiger partial charge on any atom is 0.573 e. The summed E-state index contributed by atoms with van der Waals surface area (Å²) in [5, 5.41) is 18.5. The highest BCUT2D eigenvalue weighted by molar-refractivity contribution is 7.03. The number of alkyl halides is 3. The molecule has 170 valence electrons. The van der Waals surface area contributed by atoms with E-state index in [0.29, 0.717) is 11.3 Å². The van der Waals surface area contributed by atoms with Crippen LogP contribution in [0.15, 0.2) is 46.7 Å². The highest BCUT2D eigenvalue weighted by Gasteiger charge is 2.31. The first-order valence-corrected chi connectivity index (χ1v) is 10.1. The average Bonchev–Trinajstić information content (AvgIpc) is 3.21. The van der Waals surface area contributed by atoms with Gasteiger partial charge in [0.05, 0.1) is 29.2 Å². The molecule has 0 bridgehead atoms. The van der Waals surface area contributed by atoms with Crippen molar-refractivity contribution in [1.82, 2.24) is 19.5 Å². The largest absolute Gasteiger partial charge is 0.573 e. The Kier molecular flexibility index (Phi) is 6.37. The molecule has 3 aromatic rings. The van der Waals surface area contributed by atoms with E-state index in [0.717, 1.165) is 28.3 Å². The number of benzene rings is 1. The molecule has 1 amide bonds. The van der Waals surface area contributed by atoms with Gasteiger partial charge in [-0.2, -0.15) is 14.2 Å². The molecule has 0 aliphatic rings. The molecular weight excluding hydrogens is 449 g/mol. The Labute approximate surface area is 184 Å². The molecule has 2 aromatic heterocycles. The van der Waals surface area contributed by atoms with Crippen molar-refractivity contribution < 1.29 is 27.8 Å². The first-order valence-electron chi connectivity index (χ1n) is 9.29. The lowest BCUT2D eigenvalue weighted by atomic mass is 10.0. The van der Waals surface area contributed by atoms with E-state index in [-0.39, 0.29) is 11.3 Å². The topological polar surface area (TPSA) is 106 Å². The van der Waals surface area contributed by atoms with E-state index in [9.17, 15) is 27.9 Å². The van der Waals surface area contributed by atoms with Crippen LogP contribution in [0.2, 0.25) is 0 Å². The van der Waals surface area contributed by atoms with E-state index in [1.165, 1.54) is 38.2 Å². The Bertz CT molecular complexity index is 1150. The van der Waals surface area contributed by atoms with Crippen molar-refractivity contribution in [3.63, 3.8) is 0 Å². The molecule has 32 heavy (non-hydrogen) atoms. The number of carbonyl (C=O) groups is 1. The highest BCUT2D eigenvalue weighted by atomic mass is 32.1. The van der Waals surface area contributed by atoms with Gasteiger partial charge >= 0.3 is 6.36 Å². The van der Waals surface area contributed by atoms with E-state index in [4.69, 9.17) is 0 Å². The quantitative estimate of drug-likeness (QED) is 0.576. The van der Waals surface area contributed by atoms with Gasteiger partial charge in [-0.05, 0) is 62.6 Å². The Morgan fingerprint density at radius 1 is 1.25 bits per heavy atom. The summed E-state index contributed by atoms with van der Waals surface area (Å²) < 4.78 is 46.0. The summed E-state index contributed by atoms with van der Waals surface area (Å²) in [6.45, 7) is 4.60. The molecule has 2 N–H and O–H groups in total. The van der Waals surface area contributed by atoms with Gasteiger partial charge in [-0.1, -0.05) is 0 Å². The van der Waals surface area contributed by atoms with Crippen molar-refractivity contribution in [1.29, 1.82) is 0 Å². The van der Waals surface area contributed by atoms with Gasteiger partial charge in [-0.25, -0.2) is 0 Å². The molecule has 0 saturated heterocycles. The number of rotatable bonds is 6. The summed E-state index contributed by atoms with van der Waals surface area (Å²) in [7, 11) is 0. The molecule has 1 aromatic carbocycles. The van der Waals surface area contributed by atoms with Gasteiger partial charge in [-0.15, -0.1) is 13.2 Å². The molecule has 2 heterocycles. The summed E-state index contributed by atoms with van der Waals surface area (Å²) in [6.07, 6.45) is -3.44. The van der Waals surface area contributed by atoms with E-state index in [1.807, 2.05) is 0 Å². The van der Waals surface area contributed by atoms with Crippen molar-refractivity contribution in [2.24, 2.45) is 0 Å². The van der Waals surface area contributed by atoms with Gasteiger partial charge in [0.25, 0.3) is 11.5 Å². The number of halogens is 3. The van der Waals surface area contributed by atoms with Crippen LogP contribution in [-0.2, 0) is 0 Å². The maximum atomic E-state index is 12.9. The zero-order chi connectivity index (χ0) is 23.7. The number of nitrogens with one attached hydrogen (secondary N) is 1. The lowest BCUT2D eigenvalue weighted by Gasteiger charge is -2.26. The van der Waals surface area contributed by atoms with Gasteiger partial charge in [-0.3, -0.25) is 9.59 Å². The van der Waals surface area contributed by atoms with Gasteiger partial charge in [0.15, 0.2) is 0 Å². The average molecular weight is 468 g/mol. The molecule has 3 rings (SSSR count). The second-order valence-electron chi connectivity index (χ2n) is 7.46. The molecule has 0 aliphatic heterocycles. The second kappa shape index (κ2) is 8.71. The van der Waals surface area contributed by atoms with E-state index < -0.39 is 35.2 Å². The minimum absolute atomic E-state index is 0.162. The van der Waals surface area contributed by atoms with Crippen LogP contribution >= 0.6 is 11.5 Å². The number of aromatic nitrogens is 3. The molecule has 1 atom stereocenters. The maximum absolute atomic E-state index is 12.9. The summed E-state index contributed by atoms with van der Waals surface area (Å²) in [6, 6.07) is 5.41. The van der Waals surface area contributed by atoms with Gasteiger partial charge < -0.3 is 15.2 Å². The third-order valence-corrected chi connectivity index (χ3v) is 5.19. The minimum atomic E-state index is -4.83. The third kappa shape index (κ3) is 5.51. The SMILES string of the molecule is CC(NC(=O)c1cc(-c2ccc(OC(F)(F)F)cc2)nn(-c2cnsc2)c1=O)C(C)(C)O. The number of hydrogen-bond donors (Lipinski definition) is 2. The lowest BCUT2D eigenvalue weighted by molar-refractivity contribution is -0.274. The van der Waals surface area contributed by atoms with Crippen LogP contribution in [0, 0.1) is 0 Å². The lowest BCUT2D eigenvalue weighted by Crippen LogP contribution is -2.48. The third-order valence-electron chi connectivity index (χ3n) is 4.61. The molecular formula is C20H19F3N4O4S. The van der Waals surface area contributed by atoms with Crippen LogP contribution in [0.5, 0.6) is 5.75 Å². The molecule has 12 heteroatoms. The van der Waals surface area contributed by atoms with Crippen LogP contribution in [0.25, 0.3) is 16.9 Å². The van der Waals surface area contributed by atoms with E-state index in [1.54, 1.807) is 12.3 Å². The van der Waals surface area contributed by atoms with Crippen molar-refractivity contribution in [3.8, 4) is 22.7 Å². The first kappa shape index (κ1) is 23.4. The monoisotopic (exact) mass is 468 g/mol. The number of ether oxygens (including phenoxy) is 1. The van der Waals surface area contributed by atoms with Gasteiger partial charge in [0.2, 0.25) is 0 Å². The molecule has 0 spiro atoms. The van der Waals surface area contributed by atoms with E-state index in [2.05, 4.69) is 19.5 Å². The molecule has 0 radical (unpaired) electrons. The smallest absolute Gasteiger partial charge is 0.406 e. The van der Waals surface area contributed by atoms with Crippen LogP contribution in [-0.4, -0.2) is 43.2 Å². The fourth-order valence-corrected chi connectivity index (χ4v) is 3.05. The Balaban J connectivity index is 2.05. The number of carbonyl (C=O) groups excluding carboxylic acids is 1. The number of amides is 1. The predicted octanol–water partition coefficient (Wildman–Crippen LogP) is 3.14. The molecule has 0 aliphatic carbocycles. The fourth-order valence-electron chi connectivity index (χ4n) is 2.56. The van der Waals surface area contributed by atoms with Gasteiger partial charge in [0.1, 0.15) is 11.3 Å². The number of hydrogen-bond acceptors (Lipinski definition) is 7. The Morgan fingerprint density at radius 3 is 2.44 bits per heavy atom. The Morgan fingerprint density at radius 2 is 1.91 bits per heavy atom. The minimum Gasteiger partial charge on any atom is -0.406 e. The van der Waals surface area contributed by atoms with Crippen molar-refractivity contribution in [2.75, 3.05) is 0 Å². The normalized spacial score (nSPS) is 13.0. The molecule has 0 saturated carbocycles. The van der Waals surface area contributed by atoms with Crippen molar-refractivity contribution in [3.05, 3.63) is 57.8 Å². The molecule has 0 fully saturated rings.